The predicted octanol–water partition coefficient (Wildman–Crippen LogP) is 0.872. The van der Waals surface area contributed by atoms with Gasteiger partial charge in [-0.3, -0.25) is 0 Å². The van der Waals surface area contributed by atoms with Gasteiger partial charge in [0.15, 0.2) is 9.84 Å². The van der Waals surface area contributed by atoms with Gasteiger partial charge in [-0.05, 0) is 44.7 Å². The quantitative estimate of drug-likeness (QED) is 0.739. The topological polar surface area (TPSA) is 63.4 Å². The van der Waals surface area contributed by atoms with E-state index in [0.717, 1.165) is 32.5 Å². The molecule has 0 aromatic rings. The Morgan fingerprint density at radius 3 is 2.76 bits per heavy atom. The van der Waals surface area contributed by atoms with Crippen LogP contribution in [0.4, 0.5) is 0 Å². The summed E-state index contributed by atoms with van der Waals surface area (Å²) in [5.41, 5.74) is 5.57. The molecule has 1 unspecified atom stereocenters. The summed E-state index contributed by atoms with van der Waals surface area (Å²) in [7, 11) is -2.83. The first-order valence-electron chi connectivity index (χ1n) is 6.70. The van der Waals surface area contributed by atoms with Crippen LogP contribution in [0, 0.1) is 5.92 Å². The molecule has 2 N–H and O–H groups in total. The number of sulfone groups is 1. The average Bonchev–Trinajstić information content (AvgIpc) is 2.28. The number of nitrogens with zero attached hydrogens (tertiary/aromatic N) is 1. The van der Waals surface area contributed by atoms with Crippen LogP contribution in [0.2, 0.25) is 0 Å². The van der Waals surface area contributed by atoms with Crippen LogP contribution in [-0.2, 0) is 9.84 Å². The highest BCUT2D eigenvalue weighted by molar-refractivity contribution is 7.91. The van der Waals surface area contributed by atoms with Crippen LogP contribution in [-0.4, -0.2) is 51.0 Å². The van der Waals surface area contributed by atoms with E-state index in [0.29, 0.717) is 24.0 Å². The van der Waals surface area contributed by atoms with Crippen molar-refractivity contribution < 1.29 is 8.42 Å². The highest BCUT2D eigenvalue weighted by atomic mass is 32.2. The lowest BCUT2D eigenvalue weighted by molar-refractivity contribution is 0.178. The molecule has 0 aromatic carbocycles. The van der Waals surface area contributed by atoms with E-state index in [1.807, 2.05) is 6.92 Å². The third-order valence-corrected chi connectivity index (χ3v) is 5.25. The fourth-order valence-electron chi connectivity index (χ4n) is 2.51. The van der Waals surface area contributed by atoms with Crippen molar-refractivity contribution in [3.05, 3.63) is 0 Å². The molecule has 1 aliphatic rings. The molecule has 0 amide bonds. The Kier molecular flexibility index (Phi) is 6.44. The van der Waals surface area contributed by atoms with Crippen molar-refractivity contribution in [2.75, 3.05) is 37.7 Å². The molecule has 1 rings (SSSR count). The first-order chi connectivity index (χ1) is 8.07. The summed E-state index contributed by atoms with van der Waals surface area (Å²) in [4.78, 5) is 2.29. The van der Waals surface area contributed by atoms with Crippen molar-refractivity contribution in [1.82, 2.24) is 4.90 Å². The number of hydrogen-bond acceptors (Lipinski definition) is 4. The van der Waals surface area contributed by atoms with E-state index in [1.54, 1.807) is 0 Å². The molecule has 0 aromatic heterocycles. The minimum atomic E-state index is -2.83. The molecule has 0 saturated carbocycles. The average molecular weight is 262 g/mol. The van der Waals surface area contributed by atoms with Gasteiger partial charge in [-0.25, -0.2) is 8.42 Å². The van der Waals surface area contributed by atoms with Crippen molar-refractivity contribution in [3.8, 4) is 0 Å². The van der Waals surface area contributed by atoms with E-state index >= 15 is 0 Å². The Morgan fingerprint density at radius 2 is 2.12 bits per heavy atom. The van der Waals surface area contributed by atoms with Gasteiger partial charge >= 0.3 is 0 Å². The number of hydrogen-bond donors (Lipinski definition) is 1. The SMILES string of the molecule is CCCS(=O)(=O)CCN1CCCC(CCN)C1. The lowest BCUT2D eigenvalue weighted by Gasteiger charge is -2.32. The fourth-order valence-corrected chi connectivity index (χ4v) is 3.87. The molecular formula is C12H26N2O2S. The third kappa shape index (κ3) is 5.84. The van der Waals surface area contributed by atoms with Gasteiger partial charge in [0.2, 0.25) is 0 Å². The lowest BCUT2D eigenvalue weighted by Crippen LogP contribution is -2.39. The molecule has 17 heavy (non-hydrogen) atoms. The van der Waals surface area contributed by atoms with Gasteiger partial charge in [-0.2, -0.15) is 0 Å². The summed E-state index contributed by atoms with van der Waals surface area (Å²) in [6.45, 7) is 5.42. The number of likely N-dealkylation sites (tertiary alicyclic amines) is 1. The minimum Gasteiger partial charge on any atom is -0.330 e. The smallest absolute Gasteiger partial charge is 0.151 e. The molecule has 0 bridgehead atoms. The van der Waals surface area contributed by atoms with Crippen molar-refractivity contribution in [3.63, 3.8) is 0 Å². The highest BCUT2D eigenvalue weighted by Crippen LogP contribution is 2.18. The third-order valence-electron chi connectivity index (χ3n) is 3.41. The van der Waals surface area contributed by atoms with Crippen molar-refractivity contribution >= 4 is 9.84 Å². The van der Waals surface area contributed by atoms with E-state index in [-0.39, 0.29) is 0 Å². The monoisotopic (exact) mass is 262 g/mol. The second-order valence-electron chi connectivity index (χ2n) is 5.04. The number of piperidine rings is 1. The van der Waals surface area contributed by atoms with Gasteiger partial charge in [0.05, 0.1) is 5.75 Å². The maximum absolute atomic E-state index is 11.6. The summed E-state index contributed by atoms with van der Waals surface area (Å²) in [5.74, 6) is 1.31. The molecule has 0 spiro atoms. The lowest BCUT2D eigenvalue weighted by atomic mass is 9.95. The predicted molar refractivity (Wildman–Crippen MR) is 71.8 cm³/mol. The molecule has 102 valence electrons. The zero-order valence-electron chi connectivity index (χ0n) is 10.9. The zero-order valence-corrected chi connectivity index (χ0v) is 11.7. The normalized spacial score (nSPS) is 22.8. The molecule has 0 radical (unpaired) electrons. The molecule has 1 fully saturated rings. The van der Waals surface area contributed by atoms with Crippen molar-refractivity contribution in [2.24, 2.45) is 11.7 Å². The Hall–Kier alpha value is -0.130. The summed E-state index contributed by atoms with van der Waals surface area (Å²) in [6, 6.07) is 0. The van der Waals surface area contributed by atoms with Gasteiger partial charge in [0.25, 0.3) is 0 Å². The summed E-state index contributed by atoms with van der Waals surface area (Å²) >= 11 is 0. The Bertz CT molecular complexity index is 302. The van der Waals surface area contributed by atoms with E-state index in [4.69, 9.17) is 5.73 Å². The van der Waals surface area contributed by atoms with E-state index < -0.39 is 9.84 Å². The minimum absolute atomic E-state index is 0.316. The van der Waals surface area contributed by atoms with Crippen LogP contribution in [0.1, 0.15) is 32.6 Å². The molecule has 1 heterocycles. The number of nitrogens with two attached hydrogens (primary N) is 1. The highest BCUT2D eigenvalue weighted by Gasteiger charge is 2.20. The van der Waals surface area contributed by atoms with Crippen LogP contribution in [0.3, 0.4) is 0 Å². The van der Waals surface area contributed by atoms with Crippen LogP contribution >= 0.6 is 0 Å². The zero-order chi connectivity index (χ0) is 12.7. The fraction of sp³-hybridized carbons (Fsp3) is 1.00. The second kappa shape index (κ2) is 7.34. The van der Waals surface area contributed by atoms with Gasteiger partial charge < -0.3 is 10.6 Å². The maximum atomic E-state index is 11.6. The van der Waals surface area contributed by atoms with Gasteiger partial charge in [0, 0.05) is 18.8 Å². The van der Waals surface area contributed by atoms with Gasteiger partial charge in [-0.15, -0.1) is 0 Å². The maximum Gasteiger partial charge on any atom is 0.151 e. The van der Waals surface area contributed by atoms with E-state index in [1.165, 1.54) is 12.8 Å². The van der Waals surface area contributed by atoms with Gasteiger partial charge in [-0.1, -0.05) is 6.92 Å². The molecular weight excluding hydrogens is 236 g/mol. The largest absolute Gasteiger partial charge is 0.330 e. The van der Waals surface area contributed by atoms with Crippen molar-refractivity contribution in [1.29, 1.82) is 0 Å². The van der Waals surface area contributed by atoms with E-state index in [9.17, 15) is 8.42 Å². The molecule has 0 aliphatic carbocycles. The Morgan fingerprint density at radius 1 is 1.35 bits per heavy atom. The van der Waals surface area contributed by atoms with Gasteiger partial charge in [0.1, 0.15) is 0 Å². The van der Waals surface area contributed by atoms with E-state index in [2.05, 4.69) is 4.90 Å². The Balaban J connectivity index is 2.31. The van der Waals surface area contributed by atoms with Crippen LogP contribution < -0.4 is 5.73 Å². The van der Waals surface area contributed by atoms with Crippen LogP contribution in [0.25, 0.3) is 0 Å². The molecule has 1 atom stereocenters. The first kappa shape index (κ1) is 14.9. The Labute approximate surface area is 105 Å². The van der Waals surface area contributed by atoms with Crippen molar-refractivity contribution in [2.45, 2.75) is 32.6 Å². The molecule has 5 heteroatoms. The summed E-state index contributed by atoms with van der Waals surface area (Å²) in [6.07, 6.45) is 4.21. The first-order valence-corrected chi connectivity index (χ1v) is 8.52. The standard InChI is InChI=1S/C12H26N2O2S/c1-2-9-17(15,16)10-8-14-7-3-4-12(11-14)5-6-13/h12H,2-11,13H2,1H3. The second-order valence-corrected chi connectivity index (χ2v) is 7.34. The molecule has 1 saturated heterocycles. The summed E-state index contributed by atoms with van der Waals surface area (Å²) in [5, 5.41) is 0. The van der Waals surface area contributed by atoms with Crippen LogP contribution in [0.5, 0.6) is 0 Å². The summed E-state index contributed by atoms with van der Waals surface area (Å²) < 4.78 is 23.3. The molecule has 4 nitrogen and oxygen atoms in total. The number of rotatable bonds is 7. The van der Waals surface area contributed by atoms with Crippen LogP contribution in [0.15, 0.2) is 0 Å². The molecule has 1 aliphatic heterocycles.